The Labute approximate surface area is 80.4 Å². The van der Waals surface area contributed by atoms with Crippen LogP contribution in [0.5, 0.6) is 0 Å². The van der Waals surface area contributed by atoms with Gasteiger partial charge in [-0.1, -0.05) is 0 Å². The zero-order chi connectivity index (χ0) is 0. The van der Waals surface area contributed by atoms with Crippen molar-refractivity contribution in [2.75, 3.05) is 0 Å². The van der Waals surface area contributed by atoms with Crippen molar-refractivity contribution in [3.8, 4) is 0 Å². The minimum atomic E-state index is 0. The molecule has 31 valence electrons. The summed E-state index contributed by atoms with van der Waals surface area (Å²) in [6.07, 6.45) is 0. The molecule has 0 bridgehead atoms. The van der Waals surface area contributed by atoms with Crippen molar-refractivity contribution >= 4 is 0 Å². The molecule has 0 rings (SSSR count). The van der Waals surface area contributed by atoms with Crippen LogP contribution < -0.4 is 0 Å². The summed E-state index contributed by atoms with van der Waals surface area (Å²) in [6.45, 7) is 0. The van der Waals surface area contributed by atoms with Gasteiger partial charge in [0.1, 0.15) is 0 Å². The first-order chi connectivity index (χ1) is 0. The molecule has 0 aromatic carbocycles. The van der Waals surface area contributed by atoms with E-state index >= 15 is 0 Å². The summed E-state index contributed by atoms with van der Waals surface area (Å²) < 4.78 is 0. The second kappa shape index (κ2) is 17.4. The summed E-state index contributed by atoms with van der Waals surface area (Å²) in [5.41, 5.74) is 0. The molecule has 0 saturated heterocycles. The van der Waals surface area contributed by atoms with Gasteiger partial charge in [0.25, 0.3) is 0 Å². The predicted molar refractivity (Wildman–Crippen MR) is 0 cm³/mol. The molecule has 0 fully saturated rings. The van der Waals surface area contributed by atoms with Crippen molar-refractivity contribution < 1.29 is 81.7 Å². The van der Waals surface area contributed by atoms with E-state index in [4.69, 9.17) is 0 Å². The molecular formula is AuMoNiTi. The van der Waals surface area contributed by atoms with Crippen LogP contribution in [-0.2, 0) is 81.7 Å². The summed E-state index contributed by atoms with van der Waals surface area (Å²) >= 11 is 0. The molecule has 0 aromatic rings. The molecule has 0 saturated carbocycles. The third-order valence-corrected chi connectivity index (χ3v) is 0. The number of rotatable bonds is 0. The average molecular weight is 399 g/mol. The minimum Gasteiger partial charge on any atom is 0 e. The Hall–Kier alpha value is 2.64. The SMILES string of the molecule is [Au].[Mo].[Ni].[Ti]. The monoisotopic (exact) mass is 401 g/mol. The molecule has 0 aliphatic carbocycles. The predicted octanol–water partition coefficient (Wildman–Crippen LogP) is -0.0100. The van der Waals surface area contributed by atoms with Gasteiger partial charge < -0.3 is 0 Å². The van der Waals surface area contributed by atoms with Crippen LogP contribution in [0.4, 0.5) is 0 Å². The molecule has 0 aliphatic rings. The molecule has 0 heterocycles. The van der Waals surface area contributed by atoms with Gasteiger partial charge in [0, 0.05) is 81.7 Å². The Balaban J connectivity index is 0. The Kier molecular flexibility index (Phi) is 132. The van der Waals surface area contributed by atoms with Crippen LogP contribution in [0.1, 0.15) is 0 Å². The van der Waals surface area contributed by atoms with E-state index < -0.39 is 0 Å². The topological polar surface area (TPSA) is 0 Å². The molecule has 4 heavy (non-hydrogen) atoms. The van der Waals surface area contributed by atoms with E-state index in [0.717, 1.165) is 0 Å². The molecular weight excluding hydrogens is 399 g/mol. The standard InChI is InChI=1S/Au.Mo.Ni.Ti. The van der Waals surface area contributed by atoms with Crippen LogP contribution in [-0.4, -0.2) is 0 Å². The van der Waals surface area contributed by atoms with Crippen molar-refractivity contribution in [1.82, 2.24) is 0 Å². The minimum absolute atomic E-state index is 0. The van der Waals surface area contributed by atoms with Crippen molar-refractivity contribution in [2.24, 2.45) is 0 Å². The van der Waals surface area contributed by atoms with E-state index in [1.165, 1.54) is 0 Å². The fourth-order valence-corrected chi connectivity index (χ4v) is 0. The molecule has 0 spiro atoms. The fourth-order valence-electron chi connectivity index (χ4n) is 0. The van der Waals surface area contributed by atoms with E-state index in [9.17, 15) is 0 Å². The van der Waals surface area contributed by atoms with E-state index in [1.54, 1.807) is 0 Å². The summed E-state index contributed by atoms with van der Waals surface area (Å²) in [5, 5.41) is 0. The zero-order valence-electron chi connectivity index (χ0n) is 1.53. The van der Waals surface area contributed by atoms with Crippen molar-refractivity contribution in [2.45, 2.75) is 0 Å². The maximum atomic E-state index is 0. The molecule has 0 amide bonds. The molecule has 0 N–H and O–H groups in total. The van der Waals surface area contributed by atoms with Gasteiger partial charge in [0.2, 0.25) is 0 Å². The first-order valence-corrected chi connectivity index (χ1v) is 0. The van der Waals surface area contributed by atoms with Crippen LogP contribution in [0.2, 0.25) is 0 Å². The normalized spacial score (nSPS) is 0. The number of hydrogen-bond acceptors (Lipinski definition) is 0. The summed E-state index contributed by atoms with van der Waals surface area (Å²) in [6, 6.07) is 0. The van der Waals surface area contributed by atoms with E-state index in [0.29, 0.717) is 0 Å². The molecule has 0 atom stereocenters. The fraction of sp³-hybridized carbons (Fsp3) is 0. The summed E-state index contributed by atoms with van der Waals surface area (Å²) in [4.78, 5) is 0. The first-order valence-electron chi connectivity index (χ1n) is 0. The second-order valence-electron chi connectivity index (χ2n) is 0. The maximum absolute atomic E-state index is 0. The summed E-state index contributed by atoms with van der Waals surface area (Å²) in [7, 11) is 0. The van der Waals surface area contributed by atoms with Gasteiger partial charge in [-0.25, -0.2) is 0 Å². The quantitative estimate of drug-likeness (QED) is 0.503. The molecule has 1 radical (unpaired) electrons. The van der Waals surface area contributed by atoms with Crippen molar-refractivity contribution in [1.29, 1.82) is 0 Å². The van der Waals surface area contributed by atoms with Gasteiger partial charge in [-0.15, -0.1) is 0 Å². The van der Waals surface area contributed by atoms with Gasteiger partial charge in [-0.2, -0.15) is 0 Å². The Morgan fingerprint density at radius 3 is 1.00 bits per heavy atom. The van der Waals surface area contributed by atoms with Crippen LogP contribution in [0.25, 0.3) is 0 Å². The first kappa shape index (κ1) is 30.3. The third-order valence-electron chi connectivity index (χ3n) is 0. The summed E-state index contributed by atoms with van der Waals surface area (Å²) in [5.74, 6) is 0. The van der Waals surface area contributed by atoms with Crippen LogP contribution in [0.3, 0.4) is 0 Å². The van der Waals surface area contributed by atoms with Crippen LogP contribution in [0.15, 0.2) is 0 Å². The maximum Gasteiger partial charge on any atom is 0 e. The van der Waals surface area contributed by atoms with E-state index in [1.807, 2.05) is 0 Å². The average Bonchev–Trinajstić information content (AvgIpc) is 0. The third kappa shape index (κ3) is 8.82. The van der Waals surface area contributed by atoms with Crippen LogP contribution >= 0.6 is 0 Å². The van der Waals surface area contributed by atoms with Gasteiger partial charge in [-0.05, 0) is 0 Å². The van der Waals surface area contributed by atoms with Crippen molar-refractivity contribution in [3.05, 3.63) is 0 Å². The van der Waals surface area contributed by atoms with Crippen molar-refractivity contribution in [3.63, 3.8) is 0 Å². The molecule has 0 unspecified atom stereocenters. The Morgan fingerprint density at radius 1 is 1.00 bits per heavy atom. The molecule has 0 aliphatic heterocycles. The molecule has 4 heteroatoms. The van der Waals surface area contributed by atoms with Crippen LogP contribution in [0, 0.1) is 0 Å². The van der Waals surface area contributed by atoms with Gasteiger partial charge in [0.05, 0.1) is 0 Å². The van der Waals surface area contributed by atoms with E-state index in [2.05, 4.69) is 0 Å². The Bertz CT molecular complexity index is 8.00. The number of hydrogen-bond donors (Lipinski definition) is 0. The second-order valence-corrected chi connectivity index (χ2v) is 0. The zero-order valence-corrected chi connectivity index (χ0v) is 8.25. The van der Waals surface area contributed by atoms with Gasteiger partial charge in [-0.3, -0.25) is 0 Å². The molecule has 0 nitrogen and oxygen atoms in total. The van der Waals surface area contributed by atoms with Gasteiger partial charge in [0.15, 0.2) is 0 Å². The molecule has 0 aromatic heterocycles. The Morgan fingerprint density at radius 2 is 1.00 bits per heavy atom. The smallest absolute Gasteiger partial charge is 0 e. The largest absolute Gasteiger partial charge is 0 e. The van der Waals surface area contributed by atoms with Gasteiger partial charge >= 0.3 is 0 Å². The van der Waals surface area contributed by atoms with E-state index in [-0.39, 0.29) is 81.7 Å².